The zero-order chi connectivity index (χ0) is 20.5. The zero-order valence-electron chi connectivity index (χ0n) is 16.8. The third-order valence-corrected chi connectivity index (χ3v) is 5.49. The first-order valence-electron chi connectivity index (χ1n) is 10.3. The third kappa shape index (κ3) is 6.97. The van der Waals surface area contributed by atoms with Crippen LogP contribution in [-0.2, 0) is 14.3 Å². The minimum Gasteiger partial charge on any atom is -0.388 e. The van der Waals surface area contributed by atoms with E-state index < -0.39 is 18.3 Å². The van der Waals surface area contributed by atoms with Gasteiger partial charge in [-0.3, -0.25) is 9.59 Å². The molecule has 9 heteroatoms. The molecule has 0 aromatic heterocycles. The molecule has 0 radical (unpaired) electrons. The summed E-state index contributed by atoms with van der Waals surface area (Å²) in [6, 6.07) is 0. The van der Waals surface area contributed by atoms with Crippen LogP contribution in [0.5, 0.6) is 0 Å². The van der Waals surface area contributed by atoms with Gasteiger partial charge >= 0.3 is 0 Å². The molecule has 2 rings (SSSR count). The van der Waals surface area contributed by atoms with Crippen molar-refractivity contribution in [1.82, 2.24) is 15.1 Å². The summed E-state index contributed by atoms with van der Waals surface area (Å²) < 4.78 is 5.38. The van der Waals surface area contributed by atoms with Crippen molar-refractivity contribution in [1.29, 1.82) is 0 Å². The normalized spacial score (nSPS) is 31.9. The lowest BCUT2D eigenvalue weighted by molar-refractivity contribution is -0.140. The van der Waals surface area contributed by atoms with Gasteiger partial charge in [-0.25, -0.2) is 0 Å². The number of carbonyl (C=O) groups excluding carboxylic acids is 2. The van der Waals surface area contributed by atoms with Crippen LogP contribution in [0.4, 0.5) is 0 Å². The fraction of sp³-hybridized carbons (Fsp3) is 0.895. The second-order valence-corrected chi connectivity index (χ2v) is 7.74. The Morgan fingerprint density at radius 2 is 1.75 bits per heavy atom. The molecule has 9 nitrogen and oxygen atoms in total. The number of β-amino-alcohol motifs (C(OH)–C–C–N with tert-alkyl or cyclic N) is 1. The summed E-state index contributed by atoms with van der Waals surface area (Å²) in [6.07, 6.45) is -0.604. The average Bonchev–Trinajstić information content (AvgIpc) is 2.70. The number of hydrogen-bond acceptors (Lipinski definition) is 7. The fourth-order valence-electron chi connectivity index (χ4n) is 3.67. The lowest BCUT2D eigenvalue weighted by Crippen LogP contribution is -2.50. The van der Waals surface area contributed by atoms with E-state index in [9.17, 15) is 24.9 Å². The van der Waals surface area contributed by atoms with Gasteiger partial charge < -0.3 is 35.2 Å². The monoisotopic (exact) mass is 401 g/mol. The molecule has 2 amide bonds. The van der Waals surface area contributed by atoms with E-state index in [1.807, 2.05) is 0 Å². The number of carbonyl (C=O) groups is 2. The molecule has 0 unspecified atom stereocenters. The molecule has 0 saturated carbocycles. The van der Waals surface area contributed by atoms with Gasteiger partial charge in [0.2, 0.25) is 11.8 Å². The third-order valence-electron chi connectivity index (χ3n) is 5.49. The largest absolute Gasteiger partial charge is 0.388 e. The molecule has 2 aliphatic rings. The van der Waals surface area contributed by atoms with Gasteiger partial charge in [0.05, 0.1) is 12.5 Å². The summed E-state index contributed by atoms with van der Waals surface area (Å²) in [6.45, 7) is 4.45. The minimum absolute atomic E-state index is 0.0442. The second-order valence-electron chi connectivity index (χ2n) is 7.74. The van der Waals surface area contributed by atoms with Gasteiger partial charge in [0.25, 0.3) is 0 Å². The summed E-state index contributed by atoms with van der Waals surface area (Å²) in [5, 5.41) is 33.5. The van der Waals surface area contributed by atoms with Crippen molar-refractivity contribution in [3.8, 4) is 0 Å². The maximum atomic E-state index is 13.0. The minimum atomic E-state index is -1.41. The van der Waals surface area contributed by atoms with Gasteiger partial charge in [-0.15, -0.1) is 0 Å². The van der Waals surface area contributed by atoms with Crippen molar-refractivity contribution in [3.63, 3.8) is 0 Å². The van der Waals surface area contributed by atoms with Crippen molar-refractivity contribution >= 4 is 11.8 Å². The van der Waals surface area contributed by atoms with Gasteiger partial charge in [0.1, 0.15) is 18.3 Å². The molecule has 0 bridgehead atoms. The molecule has 2 heterocycles. The average molecular weight is 402 g/mol. The number of piperidine rings is 1. The first-order chi connectivity index (χ1) is 13.4. The van der Waals surface area contributed by atoms with E-state index >= 15 is 0 Å². The molecule has 28 heavy (non-hydrogen) atoms. The highest BCUT2D eigenvalue weighted by atomic mass is 16.5. The van der Waals surface area contributed by atoms with Gasteiger partial charge in [-0.05, 0) is 32.2 Å². The Labute approximate surface area is 166 Å². The van der Waals surface area contributed by atoms with Crippen molar-refractivity contribution in [2.45, 2.75) is 50.9 Å². The summed E-state index contributed by atoms with van der Waals surface area (Å²) in [7, 11) is 0. The molecule has 0 aromatic rings. The summed E-state index contributed by atoms with van der Waals surface area (Å²) >= 11 is 0. The van der Waals surface area contributed by atoms with Crippen LogP contribution in [0.15, 0.2) is 0 Å². The lowest BCUT2D eigenvalue weighted by atomic mass is 9.98. The van der Waals surface area contributed by atoms with Crippen LogP contribution in [-0.4, -0.2) is 108 Å². The summed E-state index contributed by atoms with van der Waals surface area (Å²) in [5.74, 6) is -0.201. The Morgan fingerprint density at radius 3 is 2.43 bits per heavy atom. The van der Waals surface area contributed by atoms with E-state index in [1.165, 1.54) is 11.8 Å². The molecule has 2 saturated heterocycles. The molecular formula is C19H35N3O6. The predicted octanol–water partition coefficient (Wildman–Crippen LogP) is -1.44. The Morgan fingerprint density at radius 1 is 1.00 bits per heavy atom. The van der Waals surface area contributed by atoms with E-state index in [-0.39, 0.29) is 37.4 Å². The number of aliphatic hydroxyl groups is 3. The molecule has 162 valence electrons. The summed E-state index contributed by atoms with van der Waals surface area (Å²) in [4.78, 5) is 28.2. The zero-order valence-corrected chi connectivity index (χ0v) is 16.8. The van der Waals surface area contributed by atoms with Crippen molar-refractivity contribution in [3.05, 3.63) is 0 Å². The van der Waals surface area contributed by atoms with Crippen LogP contribution < -0.4 is 5.32 Å². The van der Waals surface area contributed by atoms with Crippen LogP contribution >= 0.6 is 0 Å². The standard InChI is InChI=1S/C19H35N3O6/c1-14(23)22-9-8-21(19(27)15-5-4-6-20-11-15)7-2-3-10-28-13-17(25)18(26)16(24)12-22/h15-18,20,24-26H,2-13H2,1H3/t15-,16-,17+,18+/m0/s1. The van der Waals surface area contributed by atoms with Crippen molar-refractivity contribution < 1.29 is 29.6 Å². The van der Waals surface area contributed by atoms with Crippen LogP contribution in [0.2, 0.25) is 0 Å². The summed E-state index contributed by atoms with van der Waals surface area (Å²) in [5.41, 5.74) is 0. The first kappa shape index (κ1) is 23.0. The number of nitrogens with zero attached hydrogens (tertiary/aromatic N) is 2. The SMILES string of the molecule is CC(=O)N1CCN(C(=O)[C@H]2CCCNC2)CCCCOC[C@@H](O)[C@H](O)[C@@H](O)C1. The topological polar surface area (TPSA) is 123 Å². The number of ether oxygens (including phenoxy) is 1. The molecule has 2 aliphatic heterocycles. The Balaban J connectivity index is 2.06. The highest BCUT2D eigenvalue weighted by Crippen LogP contribution is 2.15. The lowest BCUT2D eigenvalue weighted by Gasteiger charge is -2.33. The Kier molecular flexibility index (Phi) is 9.60. The predicted molar refractivity (Wildman–Crippen MR) is 103 cm³/mol. The maximum Gasteiger partial charge on any atom is 0.227 e. The fourth-order valence-corrected chi connectivity index (χ4v) is 3.67. The maximum absolute atomic E-state index is 13.0. The number of amides is 2. The van der Waals surface area contributed by atoms with E-state index in [2.05, 4.69) is 5.32 Å². The molecule has 4 atom stereocenters. The molecular weight excluding hydrogens is 366 g/mol. The number of hydrogen-bond donors (Lipinski definition) is 4. The smallest absolute Gasteiger partial charge is 0.227 e. The van der Waals surface area contributed by atoms with Crippen LogP contribution in [0.25, 0.3) is 0 Å². The van der Waals surface area contributed by atoms with Gasteiger partial charge in [-0.2, -0.15) is 0 Å². The molecule has 0 aliphatic carbocycles. The van der Waals surface area contributed by atoms with E-state index in [0.717, 1.165) is 25.8 Å². The van der Waals surface area contributed by atoms with Crippen LogP contribution in [0, 0.1) is 5.92 Å². The highest BCUT2D eigenvalue weighted by molar-refractivity contribution is 5.79. The Bertz CT molecular complexity index is 500. The van der Waals surface area contributed by atoms with Crippen LogP contribution in [0.3, 0.4) is 0 Å². The molecule has 2 fully saturated rings. The Hall–Kier alpha value is -1.26. The van der Waals surface area contributed by atoms with Gasteiger partial charge in [-0.1, -0.05) is 0 Å². The molecule has 4 N–H and O–H groups in total. The first-order valence-corrected chi connectivity index (χ1v) is 10.3. The number of nitrogens with one attached hydrogen (secondary N) is 1. The number of aliphatic hydroxyl groups excluding tert-OH is 3. The van der Waals surface area contributed by atoms with Crippen molar-refractivity contribution in [2.24, 2.45) is 5.92 Å². The highest BCUT2D eigenvalue weighted by Gasteiger charge is 2.29. The van der Waals surface area contributed by atoms with Gasteiger partial charge in [0.15, 0.2) is 0 Å². The molecule has 0 spiro atoms. The quantitative estimate of drug-likeness (QED) is 0.424. The van der Waals surface area contributed by atoms with E-state index in [0.29, 0.717) is 32.7 Å². The van der Waals surface area contributed by atoms with Crippen molar-refractivity contribution in [2.75, 3.05) is 52.5 Å². The number of rotatable bonds is 1. The van der Waals surface area contributed by atoms with Crippen LogP contribution in [0.1, 0.15) is 32.6 Å². The second kappa shape index (κ2) is 11.7. The van der Waals surface area contributed by atoms with E-state index in [1.54, 1.807) is 4.90 Å². The van der Waals surface area contributed by atoms with Gasteiger partial charge in [0, 0.05) is 46.3 Å². The van der Waals surface area contributed by atoms with E-state index in [4.69, 9.17) is 4.74 Å². The molecule has 0 aromatic carbocycles.